The highest BCUT2D eigenvalue weighted by Gasteiger charge is 2.08. The molecule has 0 unspecified atom stereocenters. The van der Waals surface area contributed by atoms with Crippen molar-refractivity contribution in [2.75, 3.05) is 11.9 Å². The first-order valence-electron chi connectivity index (χ1n) is 5.65. The van der Waals surface area contributed by atoms with Gasteiger partial charge in [-0.2, -0.15) is 5.26 Å². The molecule has 0 aliphatic carbocycles. The van der Waals surface area contributed by atoms with Crippen molar-refractivity contribution < 1.29 is 14.7 Å². The average Bonchev–Trinajstić information content (AvgIpc) is 2.39. The Morgan fingerprint density at radius 2 is 2.20 bits per heavy atom. The number of carboxylic acid groups (broad SMARTS) is 1. The van der Waals surface area contributed by atoms with Crippen LogP contribution in [0.1, 0.15) is 6.42 Å². The molecule has 0 atom stereocenters. The summed E-state index contributed by atoms with van der Waals surface area (Å²) >= 11 is 5.79. The van der Waals surface area contributed by atoms with Gasteiger partial charge in [0.05, 0.1) is 6.42 Å². The van der Waals surface area contributed by atoms with Gasteiger partial charge in [0.25, 0.3) is 5.91 Å². The number of rotatable bonds is 6. The molecular formula is C13H12ClN3O3. The first kappa shape index (κ1) is 15.5. The van der Waals surface area contributed by atoms with Gasteiger partial charge in [-0.25, -0.2) is 0 Å². The minimum Gasteiger partial charge on any atom is -0.481 e. The lowest BCUT2D eigenvalue weighted by molar-refractivity contribution is -0.136. The van der Waals surface area contributed by atoms with Gasteiger partial charge < -0.3 is 15.7 Å². The van der Waals surface area contributed by atoms with Gasteiger partial charge in [0.15, 0.2) is 0 Å². The first-order valence-corrected chi connectivity index (χ1v) is 6.03. The summed E-state index contributed by atoms with van der Waals surface area (Å²) < 4.78 is 0. The molecule has 0 spiro atoms. The van der Waals surface area contributed by atoms with Crippen molar-refractivity contribution >= 4 is 29.2 Å². The van der Waals surface area contributed by atoms with Crippen LogP contribution in [-0.2, 0) is 9.59 Å². The summed E-state index contributed by atoms with van der Waals surface area (Å²) in [7, 11) is 0. The molecule has 0 radical (unpaired) electrons. The monoisotopic (exact) mass is 293 g/mol. The van der Waals surface area contributed by atoms with Crippen LogP contribution in [0.25, 0.3) is 0 Å². The summed E-state index contributed by atoms with van der Waals surface area (Å²) in [6.07, 6.45) is 1.04. The van der Waals surface area contributed by atoms with Gasteiger partial charge in [-0.05, 0) is 18.2 Å². The molecule has 1 aromatic rings. The van der Waals surface area contributed by atoms with E-state index in [1.807, 2.05) is 0 Å². The maximum absolute atomic E-state index is 11.6. The Morgan fingerprint density at radius 1 is 1.45 bits per heavy atom. The summed E-state index contributed by atoms with van der Waals surface area (Å²) in [5, 5.41) is 22.9. The van der Waals surface area contributed by atoms with E-state index in [9.17, 15) is 9.59 Å². The zero-order chi connectivity index (χ0) is 15.0. The number of nitrogens with zero attached hydrogens (tertiary/aromatic N) is 1. The number of halogens is 1. The van der Waals surface area contributed by atoms with Crippen molar-refractivity contribution in [1.29, 1.82) is 5.26 Å². The zero-order valence-corrected chi connectivity index (χ0v) is 11.1. The maximum Gasteiger partial charge on any atom is 0.305 e. The van der Waals surface area contributed by atoms with E-state index < -0.39 is 11.9 Å². The number of hydrogen-bond donors (Lipinski definition) is 3. The number of amides is 1. The van der Waals surface area contributed by atoms with Crippen LogP contribution in [0, 0.1) is 11.3 Å². The molecular weight excluding hydrogens is 282 g/mol. The van der Waals surface area contributed by atoms with Crippen LogP contribution in [-0.4, -0.2) is 23.5 Å². The van der Waals surface area contributed by atoms with E-state index in [1.165, 1.54) is 6.20 Å². The molecule has 3 N–H and O–H groups in total. The first-order chi connectivity index (χ1) is 9.52. The summed E-state index contributed by atoms with van der Waals surface area (Å²) in [4.78, 5) is 21.9. The van der Waals surface area contributed by atoms with E-state index in [-0.39, 0.29) is 18.5 Å². The number of carbonyl (C=O) groups is 2. The lowest BCUT2D eigenvalue weighted by atomic mass is 10.2. The van der Waals surface area contributed by atoms with E-state index >= 15 is 0 Å². The van der Waals surface area contributed by atoms with Crippen LogP contribution in [0.4, 0.5) is 5.69 Å². The van der Waals surface area contributed by atoms with Crippen molar-refractivity contribution in [2.24, 2.45) is 0 Å². The number of carbonyl (C=O) groups excluding carboxylic acids is 1. The van der Waals surface area contributed by atoms with Gasteiger partial charge in [-0.15, -0.1) is 0 Å². The number of aliphatic carboxylic acids is 1. The molecule has 7 heteroatoms. The number of carboxylic acids is 1. The minimum atomic E-state index is -1.02. The van der Waals surface area contributed by atoms with E-state index in [2.05, 4.69) is 10.6 Å². The van der Waals surface area contributed by atoms with Crippen LogP contribution >= 0.6 is 11.6 Å². The van der Waals surface area contributed by atoms with Crippen molar-refractivity contribution in [1.82, 2.24) is 5.32 Å². The van der Waals surface area contributed by atoms with Crippen LogP contribution in [0.5, 0.6) is 0 Å². The highest BCUT2D eigenvalue weighted by Crippen LogP contribution is 2.15. The third-order valence-electron chi connectivity index (χ3n) is 2.20. The second kappa shape index (κ2) is 7.81. The van der Waals surface area contributed by atoms with Gasteiger partial charge >= 0.3 is 5.97 Å². The van der Waals surface area contributed by atoms with Crippen LogP contribution in [0.3, 0.4) is 0 Å². The molecule has 1 rings (SSSR count). The summed E-state index contributed by atoms with van der Waals surface area (Å²) in [6.45, 7) is -0.0373. The minimum absolute atomic E-state index is 0.0373. The van der Waals surface area contributed by atoms with E-state index in [1.54, 1.807) is 30.3 Å². The molecule has 0 bridgehead atoms. The van der Waals surface area contributed by atoms with Gasteiger partial charge in [-0.1, -0.05) is 17.7 Å². The Hall–Kier alpha value is -2.52. The highest BCUT2D eigenvalue weighted by atomic mass is 35.5. The zero-order valence-electron chi connectivity index (χ0n) is 10.4. The molecule has 20 heavy (non-hydrogen) atoms. The molecule has 0 aliphatic heterocycles. The third-order valence-corrected chi connectivity index (χ3v) is 2.43. The molecule has 0 heterocycles. The molecule has 104 valence electrons. The standard InChI is InChI=1S/C13H12ClN3O3/c14-10-2-1-3-11(6-10)17-8-9(7-15)13(20)16-5-4-12(18)19/h1-3,6,8,17H,4-5H2,(H,16,20)(H,18,19)/b9-8-. The predicted octanol–water partition coefficient (Wildman–Crippen LogP) is 1.75. The fraction of sp³-hybridized carbons (Fsp3) is 0.154. The van der Waals surface area contributed by atoms with Gasteiger partial charge in [0.2, 0.25) is 0 Å². The number of nitrogens with one attached hydrogen (secondary N) is 2. The Morgan fingerprint density at radius 3 is 2.80 bits per heavy atom. The van der Waals surface area contributed by atoms with E-state index in [0.29, 0.717) is 10.7 Å². The largest absolute Gasteiger partial charge is 0.481 e. The topological polar surface area (TPSA) is 102 Å². The van der Waals surface area contributed by atoms with Crippen LogP contribution in [0.15, 0.2) is 36.0 Å². The number of anilines is 1. The molecule has 0 aliphatic rings. The quantitative estimate of drug-likeness (QED) is 0.548. The van der Waals surface area contributed by atoms with Crippen molar-refractivity contribution in [3.63, 3.8) is 0 Å². The van der Waals surface area contributed by atoms with E-state index in [4.69, 9.17) is 22.0 Å². The van der Waals surface area contributed by atoms with Gasteiger partial charge in [0.1, 0.15) is 11.6 Å². The Bertz CT molecular complexity index is 578. The molecule has 0 aromatic heterocycles. The molecule has 6 nitrogen and oxygen atoms in total. The van der Waals surface area contributed by atoms with Crippen molar-refractivity contribution in [2.45, 2.75) is 6.42 Å². The Balaban J connectivity index is 2.61. The Kier molecular flexibility index (Phi) is 6.07. The maximum atomic E-state index is 11.6. The summed E-state index contributed by atoms with van der Waals surface area (Å²) in [5.74, 6) is -1.66. The van der Waals surface area contributed by atoms with Crippen LogP contribution in [0.2, 0.25) is 5.02 Å². The highest BCUT2D eigenvalue weighted by molar-refractivity contribution is 6.30. The fourth-order valence-electron chi connectivity index (χ4n) is 1.26. The normalized spacial score (nSPS) is 10.5. The van der Waals surface area contributed by atoms with Gasteiger partial charge in [0, 0.05) is 23.5 Å². The third kappa shape index (κ3) is 5.42. The smallest absolute Gasteiger partial charge is 0.305 e. The number of benzene rings is 1. The Labute approximate surface area is 120 Å². The molecule has 0 fully saturated rings. The fourth-order valence-corrected chi connectivity index (χ4v) is 1.45. The average molecular weight is 294 g/mol. The molecule has 1 aromatic carbocycles. The molecule has 0 saturated heterocycles. The second-order valence-corrected chi connectivity index (χ2v) is 4.16. The SMILES string of the molecule is N#C/C(=C/Nc1cccc(Cl)c1)C(=O)NCCC(=O)O. The summed E-state index contributed by atoms with van der Waals surface area (Å²) in [5.41, 5.74) is 0.471. The number of nitriles is 1. The van der Waals surface area contributed by atoms with Crippen molar-refractivity contribution in [3.05, 3.63) is 41.1 Å². The predicted molar refractivity (Wildman–Crippen MR) is 74.0 cm³/mol. The van der Waals surface area contributed by atoms with E-state index in [0.717, 1.165) is 0 Å². The molecule has 1 amide bonds. The summed E-state index contributed by atoms with van der Waals surface area (Å²) in [6, 6.07) is 8.50. The number of hydrogen-bond acceptors (Lipinski definition) is 4. The lowest BCUT2D eigenvalue weighted by Gasteiger charge is -2.04. The second-order valence-electron chi connectivity index (χ2n) is 3.72. The van der Waals surface area contributed by atoms with Crippen molar-refractivity contribution in [3.8, 4) is 6.07 Å². The molecule has 0 saturated carbocycles. The van der Waals surface area contributed by atoms with Crippen LogP contribution < -0.4 is 10.6 Å². The lowest BCUT2D eigenvalue weighted by Crippen LogP contribution is -2.27. The van der Waals surface area contributed by atoms with Gasteiger partial charge in [-0.3, -0.25) is 9.59 Å².